The number of rotatable bonds is 2. The fourth-order valence-corrected chi connectivity index (χ4v) is 0.156. The molecule has 42 valence electrons. The molecule has 0 heterocycles. The van der Waals surface area contributed by atoms with Crippen LogP contribution >= 0.6 is 0 Å². The first-order valence-corrected chi connectivity index (χ1v) is 2.25. The molecule has 0 amide bonds. The molecule has 0 radical (unpaired) electrons. The van der Waals surface area contributed by atoms with E-state index in [2.05, 4.69) is 6.58 Å². The van der Waals surface area contributed by atoms with Gasteiger partial charge < -0.3 is 10.6 Å². The molecule has 0 spiro atoms. The molecule has 0 aliphatic carbocycles. The Balaban J connectivity index is 3.34. The Hall–Kier alpha value is -0.500. The van der Waals surface area contributed by atoms with E-state index >= 15 is 0 Å². The second kappa shape index (κ2) is 2.64. The van der Waals surface area contributed by atoms with E-state index in [1.807, 2.05) is 18.9 Å². The third-order valence-electron chi connectivity index (χ3n) is 0.925. The van der Waals surface area contributed by atoms with Gasteiger partial charge in [-0.3, -0.25) is 0 Å². The Morgan fingerprint density at radius 3 is 2.29 bits per heavy atom. The molecule has 0 aromatic rings. The highest BCUT2D eigenvalue weighted by Gasteiger charge is 1.86. The zero-order valence-electron chi connectivity index (χ0n) is 4.94. The van der Waals surface area contributed by atoms with E-state index in [1.54, 1.807) is 0 Å². The van der Waals surface area contributed by atoms with Gasteiger partial charge in [0, 0.05) is 12.7 Å². The molecular formula is C5H12N2. The zero-order valence-corrected chi connectivity index (χ0v) is 4.94. The predicted octanol–water partition coefficient (Wildman–Crippen LogP) is 0.368. The third kappa shape index (κ3) is 2.23. The van der Waals surface area contributed by atoms with Crippen LogP contribution in [0.3, 0.4) is 0 Å². The molecule has 0 aliphatic rings. The first kappa shape index (κ1) is 6.50. The second-order valence-electron chi connectivity index (χ2n) is 1.62. The molecule has 0 rings (SSSR count). The normalized spacial score (nSPS) is 8.43. The Morgan fingerprint density at radius 2 is 2.29 bits per heavy atom. The van der Waals surface area contributed by atoms with Crippen molar-refractivity contribution in [2.75, 3.05) is 13.7 Å². The van der Waals surface area contributed by atoms with Crippen molar-refractivity contribution in [1.29, 1.82) is 0 Å². The number of nitrogens with zero attached hydrogens (tertiary/aromatic N) is 1. The molecule has 2 nitrogen and oxygen atoms in total. The minimum absolute atomic E-state index is 0.551. The Bertz CT molecular complexity index is 68.5. The number of hydrogen-bond acceptors (Lipinski definition) is 2. The maximum absolute atomic E-state index is 5.24. The van der Waals surface area contributed by atoms with Crippen LogP contribution in [0.15, 0.2) is 12.3 Å². The summed E-state index contributed by atoms with van der Waals surface area (Å²) in [5.41, 5.74) is 6.24. The Morgan fingerprint density at radius 1 is 1.86 bits per heavy atom. The summed E-state index contributed by atoms with van der Waals surface area (Å²) >= 11 is 0. The van der Waals surface area contributed by atoms with Gasteiger partial charge in [-0.2, -0.15) is 0 Å². The fraction of sp³-hybridized carbons (Fsp3) is 0.600. The van der Waals surface area contributed by atoms with Gasteiger partial charge in [0.05, 0.1) is 6.67 Å². The van der Waals surface area contributed by atoms with Gasteiger partial charge >= 0.3 is 0 Å². The Labute approximate surface area is 44.6 Å². The lowest BCUT2D eigenvalue weighted by Gasteiger charge is -2.14. The first-order valence-electron chi connectivity index (χ1n) is 2.25. The standard InChI is InChI=1S/C5H12N2/c1-5(2)7(3)4-6/h1,4,6H2,2-3H3. The highest BCUT2D eigenvalue weighted by molar-refractivity contribution is 4.84. The molecule has 0 aromatic heterocycles. The van der Waals surface area contributed by atoms with E-state index in [-0.39, 0.29) is 0 Å². The van der Waals surface area contributed by atoms with Crippen molar-refractivity contribution >= 4 is 0 Å². The molecule has 0 aliphatic heterocycles. The summed E-state index contributed by atoms with van der Waals surface area (Å²) in [4.78, 5) is 1.88. The van der Waals surface area contributed by atoms with E-state index in [4.69, 9.17) is 5.73 Å². The highest BCUT2D eigenvalue weighted by Crippen LogP contribution is 1.89. The Kier molecular flexibility index (Phi) is 2.45. The topological polar surface area (TPSA) is 29.3 Å². The summed E-state index contributed by atoms with van der Waals surface area (Å²) in [5.74, 6) is 0. The van der Waals surface area contributed by atoms with E-state index in [0.29, 0.717) is 6.67 Å². The lowest BCUT2D eigenvalue weighted by molar-refractivity contribution is 0.434. The summed E-state index contributed by atoms with van der Waals surface area (Å²) < 4.78 is 0. The molecule has 0 unspecified atom stereocenters. The second-order valence-corrected chi connectivity index (χ2v) is 1.62. The molecule has 0 saturated carbocycles. The van der Waals surface area contributed by atoms with Gasteiger partial charge in [-0.1, -0.05) is 6.58 Å². The molecule has 0 bridgehead atoms. The van der Waals surface area contributed by atoms with Crippen molar-refractivity contribution < 1.29 is 0 Å². The minimum Gasteiger partial charge on any atom is -0.366 e. The molecule has 0 aromatic carbocycles. The molecule has 2 N–H and O–H groups in total. The van der Waals surface area contributed by atoms with Crippen LogP contribution in [0.5, 0.6) is 0 Å². The van der Waals surface area contributed by atoms with Crippen molar-refractivity contribution in [3.8, 4) is 0 Å². The van der Waals surface area contributed by atoms with Gasteiger partial charge in [-0.15, -0.1) is 0 Å². The van der Waals surface area contributed by atoms with Crippen LogP contribution in [0.1, 0.15) is 6.92 Å². The van der Waals surface area contributed by atoms with E-state index in [0.717, 1.165) is 5.70 Å². The van der Waals surface area contributed by atoms with Crippen molar-refractivity contribution in [2.24, 2.45) is 5.73 Å². The monoisotopic (exact) mass is 100 g/mol. The van der Waals surface area contributed by atoms with Crippen molar-refractivity contribution in [3.63, 3.8) is 0 Å². The van der Waals surface area contributed by atoms with Crippen LogP contribution < -0.4 is 5.73 Å². The van der Waals surface area contributed by atoms with Gasteiger partial charge in [-0.25, -0.2) is 0 Å². The summed E-state index contributed by atoms with van der Waals surface area (Å²) in [6.07, 6.45) is 0. The molecule has 0 atom stereocenters. The predicted molar refractivity (Wildman–Crippen MR) is 31.6 cm³/mol. The molecule has 2 heteroatoms. The van der Waals surface area contributed by atoms with Gasteiger partial charge in [0.25, 0.3) is 0 Å². The largest absolute Gasteiger partial charge is 0.366 e. The van der Waals surface area contributed by atoms with Crippen LogP contribution in [0.25, 0.3) is 0 Å². The highest BCUT2D eigenvalue weighted by atomic mass is 15.1. The maximum Gasteiger partial charge on any atom is 0.0650 e. The third-order valence-corrected chi connectivity index (χ3v) is 0.925. The first-order chi connectivity index (χ1) is 3.18. The van der Waals surface area contributed by atoms with Gasteiger partial charge in [0.1, 0.15) is 0 Å². The molecule has 0 fully saturated rings. The maximum atomic E-state index is 5.24. The van der Waals surface area contributed by atoms with E-state index < -0.39 is 0 Å². The van der Waals surface area contributed by atoms with E-state index in [9.17, 15) is 0 Å². The van der Waals surface area contributed by atoms with Crippen molar-refractivity contribution in [2.45, 2.75) is 6.92 Å². The fourth-order valence-electron chi connectivity index (χ4n) is 0.156. The molecule has 0 saturated heterocycles. The summed E-state index contributed by atoms with van der Waals surface area (Å²) in [6.45, 7) is 6.15. The average molecular weight is 100 g/mol. The minimum atomic E-state index is 0.551. The van der Waals surface area contributed by atoms with E-state index in [1.165, 1.54) is 0 Å². The van der Waals surface area contributed by atoms with Gasteiger partial charge in [-0.05, 0) is 6.92 Å². The molecule has 7 heavy (non-hydrogen) atoms. The lowest BCUT2D eigenvalue weighted by atomic mass is 10.5. The average Bonchev–Trinajstić information content (AvgIpc) is 1.65. The van der Waals surface area contributed by atoms with Crippen molar-refractivity contribution in [1.82, 2.24) is 4.90 Å². The van der Waals surface area contributed by atoms with Crippen LogP contribution in [0.4, 0.5) is 0 Å². The van der Waals surface area contributed by atoms with Gasteiger partial charge in [0.2, 0.25) is 0 Å². The number of nitrogens with two attached hydrogens (primary N) is 1. The SMILES string of the molecule is C=C(C)N(C)CN. The lowest BCUT2D eigenvalue weighted by Crippen LogP contribution is -2.22. The number of hydrogen-bond donors (Lipinski definition) is 1. The summed E-state index contributed by atoms with van der Waals surface area (Å²) in [7, 11) is 1.91. The molecular weight excluding hydrogens is 88.1 g/mol. The van der Waals surface area contributed by atoms with Crippen LogP contribution in [-0.2, 0) is 0 Å². The summed E-state index contributed by atoms with van der Waals surface area (Å²) in [6, 6.07) is 0. The number of allylic oxidation sites excluding steroid dienone is 1. The smallest absolute Gasteiger partial charge is 0.0650 e. The van der Waals surface area contributed by atoms with Crippen LogP contribution in [-0.4, -0.2) is 18.6 Å². The van der Waals surface area contributed by atoms with Crippen LogP contribution in [0, 0.1) is 0 Å². The van der Waals surface area contributed by atoms with Crippen molar-refractivity contribution in [3.05, 3.63) is 12.3 Å². The zero-order chi connectivity index (χ0) is 5.86. The quantitative estimate of drug-likeness (QED) is 0.508. The van der Waals surface area contributed by atoms with Crippen LogP contribution in [0.2, 0.25) is 0 Å². The summed E-state index contributed by atoms with van der Waals surface area (Å²) in [5, 5.41) is 0. The van der Waals surface area contributed by atoms with Gasteiger partial charge in [0.15, 0.2) is 0 Å².